The van der Waals surface area contributed by atoms with Gasteiger partial charge in [-0.1, -0.05) is 35.9 Å². The van der Waals surface area contributed by atoms with Crippen molar-refractivity contribution in [2.24, 2.45) is 18.9 Å². The van der Waals surface area contributed by atoms with E-state index in [1.54, 1.807) is 12.3 Å². The van der Waals surface area contributed by atoms with E-state index >= 15 is 0 Å². The molecule has 3 aliphatic rings. The van der Waals surface area contributed by atoms with Crippen LogP contribution in [0.4, 0.5) is 17.2 Å². The molecule has 5 aromatic rings. The van der Waals surface area contributed by atoms with Crippen LogP contribution in [0, 0.1) is 18.8 Å². The fraction of sp³-hybridized carbons (Fsp3) is 0.419. The third-order valence-electron chi connectivity index (χ3n) is 12.1. The Bertz CT molecular complexity index is 2270. The molecular formula is C43H49ClN8O4. The lowest BCUT2D eigenvalue weighted by Crippen LogP contribution is -2.36. The van der Waals surface area contributed by atoms with Crippen LogP contribution in [0.25, 0.3) is 22.0 Å². The third-order valence-corrected chi connectivity index (χ3v) is 12.5. The van der Waals surface area contributed by atoms with E-state index in [1.807, 2.05) is 61.1 Å². The number of aliphatic hydroxyl groups is 1. The zero-order valence-electron chi connectivity index (χ0n) is 31.9. The number of fused-ring (bicyclic) bond motifs is 2. The van der Waals surface area contributed by atoms with Gasteiger partial charge in [0.15, 0.2) is 11.6 Å². The van der Waals surface area contributed by atoms with Gasteiger partial charge in [-0.05, 0) is 98.7 Å². The van der Waals surface area contributed by atoms with E-state index in [0.717, 1.165) is 115 Å². The summed E-state index contributed by atoms with van der Waals surface area (Å²) in [5.74, 6) is 0.258. The normalized spacial score (nSPS) is 21.2. The van der Waals surface area contributed by atoms with Crippen molar-refractivity contribution in [2.75, 3.05) is 23.7 Å². The summed E-state index contributed by atoms with van der Waals surface area (Å²) >= 11 is 7.06. The second-order valence-corrected chi connectivity index (χ2v) is 16.1. The van der Waals surface area contributed by atoms with Crippen LogP contribution in [0.15, 0.2) is 60.9 Å². The number of anilines is 3. The minimum Gasteiger partial charge on any atom is -0.481 e. The van der Waals surface area contributed by atoms with E-state index in [4.69, 9.17) is 21.6 Å². The molecule has 2 aliphatic carbocycles. The summed E-state index contributed by atoms with van der Waals surface area (Å²) < 4.78 is 1.90. The van der Waals surface area contributed by atoms with Crippen molar-refractivity contribution in [3.8, 4) is 11.1 Å². The minimum absolute atomic E-state index is 0.121. The van der Waals surface area contributed by atoms with Gasteiger partial charge in [0.2, 0.25) is 0 Å². The average molecular weight is 777 g/mol. The Kier molecular flexibility index (Phi) is 11.1. The molecule has 0 spiro atoms. The summed E-state index contributed by atoms with van der Waals surface area (Å²) in [4.78, 5) is 41.7. The van der Waals surface area contributed by atoms with Crippen LogP contribution in [0.2, 0.25) is 5.02 Å². The number of hydrogen-bond acceptors (Lipinski definition) is 9. The molecule has 0 bridgehead atoms. The van der Waals surface area contributed by atoms with Crippen molar-refractivity contribution in [1.82, 2.24) is 29.7 Å². The summed E-state index contributed by atoms with van der Waals surface area (Å²) in [6.45, 7) is 5.14. The zero-order chi connectivity index (χ0) is 38.9. The summed E-state index contributed by atoms with van der Waals surface area (Å²) in [6, 6.07) is 15.8. The Morgan fingerprint density at radius 3 is 2.54 bits per heavy atom. The van der Waals surface area contributed by atoms with Gasteiger partial charge in [0.05, 0.1) is 28.4 Å². The number of aromatic nitrogens is 4. The number of amides is 1. The first-order valence-corrected chi connectivity index (χ1v) is 20.1. The number of carbonyl (C=O) groups is 2. The lowest BCUT2D eigenvalue weighted by molar-refractivity contribution is -0.143. The van der Waals surface area contributed by atoms with Gasteiger partial charge in [0.25, 0.3) is 5.91 Å². The van der Waals surface area contributed by atoms with Crippen LogP contribution in [-0.2, 0) is 31.4 Å². The summed E-state index contributed by atoms with van der Waals surface area (Å²) in [5.41, 5.74) is 7.80. The van der Waals surface area contributed by atoms with Crippen molar-refractivity contribution >= 4 is 51.6 Å². The van der Waals surface area contributed by atoms with Crippen molar-refractivity contribution in [3.63, 3.8) is 0 Å². The van der Waals surface area contributed by atoms with E-state index in [9.17, 15) is 19.8 Å². The van der Waals surface area contributed by atoms with Crippen LogP contribution < -0.4 is 16.0 Å². The Balaban J connectivity index is 0.950. The molecule has 2 aromatic carbocycles. The Morgan fingerprint density at radius 1 is 0.982 bits per heavy atom. The van der Waals surface area contributed by atoms with Gasteiger partial charge in [-0.25, -0.2) is 9.97 Å². The number of aliphatic carboxylic acids is 1. The molecule has 2 fully saturated rings. The minimum atomic E-state index is -0.677. The molecule has 8 rings (SSSR count). The highest BCUT2D eigenvalue weighted by atomic mass is 35.5. The van der Waals surface area contributed by atoms with E-state index < -0.39 is 5.97 Å². The number of benzene rings is 2. The lowest BCUT2D eigenvalue weighted by atomic mass is 9.81. The van der Waals surface area contributed by atoms with Gasteiger partial charge in [0.1, 0.15) is 5.52 Å². The van der Waals surface area contributed by atoms with E-state index in [0.29, 0.717) is 41.4 Å². The number of halogens is 1. The molecule has 1 aliphatic heterocycles. The molecule has 56 heavy (non-hydrogen) atoms. The molecule has 5 N–H and O–H groups in total. The first kappa shape index (κ1) is 38.0. The second-order valence-electron chi connectivity index (χ2n) is 15.7. The highest BCUT2D eigenvalue weighted by Gasteiger charge is 2.30. The number of rotatable bonds is 11. The molecule has 2 saturated carbocycles. The predicted octanol–water partition coefficient (Wildman–Crippen LogP) is 7.24. The van der Waals surface area contributed by atoms with Crippen LogP contribution >= 0.6 is 11.6 Å². The summed E-state index contributed by atoms with van der Waals surface area (Å²) in [7, 11) is 1.89. The molecule has 3 aromatic heterocycles. The predicted molar refractivity (Wildman–Crippen MR) is 218 cm³/mol. The highest BCUT2D eigenvalue weighted by molar-refractivity contribution is 6.36. The van der Waals surface area contributed by atoms with Gasteiger partial charge >= 0.3 is 5.97 Å². The first-order chi connectivity index (χ1) is 27.1. The average Bonchev–Trinajstić information content (AvgIpc) is 3.77. The Morgan fingerprint density at radius 2 is 1.77 bits per heavy atom. The van der Waals surface area contributed by atoms with Gasteiger partial charge in [-0.2, -0.15) is 0 Å². The molecule has 4 heterocycles. The van der Waals surface area contributed by atoms with Crippen molar-refractivity contribution < 1.29 is 19.8 Å². The number of pyridine rings is 2. The van der Waals surface area contributed by atoms with Crippen LogP contribution in [-0.4, -0.2) is 71.7 Å². The lowest BCUT2D eigenvalue weighted by Gasteiger charge is -2.33. The number of imidazole rings is 1. The molecule has 0 unspecified atom stereocenters. The standard InChI is InChI=1S/C43H49ClN8O4/c1-25-30(6-3-8-32(25)48-40-39-29(16-18-45-40)20-27(22-47-39)21-46-33-9-5-11-37(33)53)31-7-4-10-34(38(31)44)50-42(54)41-49-35-24-52(19-17-36(35)51(41)2)23-26-12-14-28(15-13-26)43(55)56/h3-4,6-8,10,16,18,20,22,26,28,33,37,46,53H,5,9,11-15,17,19,21,23-24H2,1-2H3,(H,45,48)(H,50,54)(H,55,56)/t26?,28?,33-,37-/m0/s1. The van der Waals surface area contributed by atoms with Crippen LogP contribution in [0.5, 0.6) is 0 Å². The fourth-order valence-electron chi connectivity index (χ4n) is 8.82. The first-order valence-electron chi connectivity index (χ1n) is 19.7. The van der Waals surface area contributed by atoms with E-state index in [1.165, 1.54) is 0 Å². The van der Waals surface area contributed by atoms with Crippen LogP contribution in [0.3, 0.4) is 0 Å². The second kappa shape index (κ2) is 16.3. The molecular weight excluding hydrogens is 728 g/mol. The number of carboxylic acid groups (broad SMARTS) is 1. The number of aliphatic hydroxyl groups excluding tert-OH is 1. The highest BCUT2D eigenvalue weighted by Crippen LogP contribution is 2.39. The van der Waals surface area contributed by atoms with Crippen LogP contribution in [0.1, 0.15) is 78.1 Å². The molecule has 0 radical (unpaired) electrons. The maximum atomic E-state index is 13.7. The van der Waals surface area contributed by atoms with Gasteiger partial charge in [-0.15, -0.1) is 0 Å². The smallest absolute Gasteiger partial charge is 0.306 e. The summed E-state index contributed by atoms with van der Waals surface area (Å²) in [6.07, 6.45) is 10.4. The Hall–Kier alpha value is -4.88. The quantitative estimate of drug-likeness (QED) is 0.0927. The third kappa shape index (κ3) is 7.88. The fourth-order valence-corrected chi connectivity index (χ4v) is 9.10. The van der Waals surface area contributed by atoms with E-state index in [-0.39, 0.29) is 24.0 Å². The number of carbonyl (C=O) groups excluding carboxylic acids is 1. The number of carboxylic acids is 1. The van der Waals surface area contributed by atoms with Crippen molar-refractivity contribution in [3.05, 3.63) is 94.3 Å². The van der Waals surface area contributed by atoms with Gasteiger partial charge in [-0.3, -0.25) is 19.5 Å². The largest absolute Gasteiger partial charge is 0.481 e. The Labute approximate surface area is 331 Å². The van der Waals surface area contributed by atoms with E-state index in [2.05, 4.69) is 31.9 Å². The van der Waals surface area contributed by atoms with Crippen molar-refractivity contribution in [2.45, 2.75) is 83.5 Å². The summed E-state index contributed by atoms with van der Waals surface area (Å²) in [5, 5.41) is 31.0. The number of nitrogens with one attached hydrogen (secondary N) is 3. The molecule has 0 saturated heterocycles. The maximum Gasteiger partial charge on any atom is 0.306 e. The molecule has 292 valence electrons. The topological polar surface area (TPSA) is 158 Å². The van der Waals surface area contributed by atoms with Gasteiger partial charge < -0.3 is 30.7 Å². The molecule has 2 atom stereocenters. The van der Waals surface area contributed by atoms with Gasteiger partial charge in [0, 0.05) is 80.4 Å². The number of hydrogen-bond donors (Lipinski definition) is 5. The zero-order valence-corrected chi connectivity index (χ0v) is 32.6. The maximum absolute atomic E-state index is 13.7. The molecule has 13 heteroatoms. The van der Waals surface area contributed by atoms with Crippen molar-refractivity contribution in [1.29, 1.82) is 0 Å². The SMILES string of the molecule is Cc1c(Nc2nccc3cc(CN[C@H]4CCC[C@@H]4O)cnc23)cccc1-c1cccc(NC(=O)c2nc3c(n2C)CCN(CC2CCC(C(=O)O)CC2)C3)c1Cl. The molecule has 12 nitrogen and oxygen atoms in total. The number of nitrogens with zero attached hydrogens (tertiary/aromatic N) is 5. The molecule has 1 amide bonds. The monoisotopic (exact) mass is 776 g/mol.